The number of amides is 1. The Hall–Kier alpha value is -7.24. The highest BCUT2D eigenvalue weighted by atomic mass is 16.6. The summed E-state index contributed by atoms with van der Waals surface area (Å²) in [6, 6.07) is 18.4. The Bertz CT molecular complexity index is 3330. The van der Waals surface area contributed by atoms with E-state index in [1.54, 1.807) is 29.7 Å². The molecule has 4 aliphatic heterocycles. The Morgan fingerprint density at radius 3 is 2.43 bits per heavy atom. The first-order chi connectivity index (χ1) is 33.7. The monoisotopic (exact) mass is 950 g/mol. The Morgan fingerprint density at radius 2 is 1.70 bits per heavy atom. The Kier molecular flexibility index (Phi) is 12.1. The zero-order chi connectivity index (χ0) is 49.2. The van der Waals surface area contributed by atoms with Crippen LogP contribution >= 0.6 is 0 Å². The number of hydrogen-bond acceptors (Lipinski definition) is 12. The largest absolute Gasteiger partial charge is 0.508 e. The number of cyclic esters (lactones) is 1. The number of hydrogen-bond donors (Lipinski definition) is 4. The van der Waals surface area contributed by atoms with Crippen LogP contribution in [-0.2, 0) is 41.8 Å². The number of ether oxygens (including phenoxy) is 2. The maximum absolute atomic E-state index is 13.6. The Balaban J connectivity index is 0.000000180. The molecule has 4 aliphatic rings. The number of carbonyl (C=O) groups excluding carboxylic acids is 2. The molecule has 8 heterocycles. The lowest BCUT2D eigenvalue weighted by molar-refractivity contribution is -0.172. The van der Waals surface area contributed by atoms with Crippen LogP contribution in [0, 0.1) is 0 Å². The highest BCUT2D eigenvalue weighted by molar-refractivity contribution is 5.90. The fourth-order valence-electron chi connectivity index (χ4n) is 10.8. The minimum atomic E-state index is -1.86. The topological polar surface area (TPSA) is 210 Å². The van der Waals surface area contributed by atoms with Crippen LogP contribution in [0.3, 0.4) is 0 Å². The van der Waals surface area contributed by atoms with Crippen molar-refractivity contribution < 1.29 is 34.4 Å². The van der Waals surface area contributed by atoms with Gasteiger partial charge in [0, 0.05) is 65.9 Å². The predicted octanol–water partition coefficient (Wildman–Crippen LogP) is 7.35. The van der Waals surface area contributed by atoms with Crippen molar-refractivity contribution in [2.45, 2.75) is 103 Å². The number of piperidine rings is 2. The third kappa shape index (κ3) is 7.99. The van der Waals surface area contributed by atoms with Gasteiger partial charge in [-0.25, -0.2) is 29.0 Å². The molecule has 3 aromatic carbocycles. The van der Waals surface area contributed by atoms with Crippen molar-refractivity contribution in [2.24, 2.45) is 7.05 Å². The van der Waals surface area contributed by atoms with E-state index in [-0.39, 0.29) is 47.9 Å². The van der Waals surface area contributed by atoms with Gasteiger partial charge in [0.25, 0.3) is 5.56 Å². The van der Waals surface area contributed by atoms with E-state index < -0.39 is 17.3 Å². The number of nitrogens with one attached hydrogen (secondary N) is 1. The van der Waals surface area contributed by atoms with Crippen molar-refractivity contribution in [3.63, 3.8) is 0 Å². The van der Waals surface area contributed by atoms with Crippen molar-refractivity contribution in [1.82, 2.24) is 38.7 Å². The smallest absolute Gasteiger partial charge is 0.415 e. The normalized spacial score (nSPS) is 18.1. The van der Waals surface area contributed by atoms with E-state index in [2.05, 4.69) is 22.0 Å². The van der Waals surface area contributed by atoms with E-state index in [9.17, 15) is 34.5 Å². The number of phenols is 2. The molecule has 0 bridgehead atoms. The first-order valence-corrected chi connectivity index (χ1v) is 24.3. The van der Waals surface area contributed by atoms with E-state index >= 15 is 0 Å². The minimum absolute atomic E-state index is 0.0152. The van der Waals surface area contributed by atoms with Gasteiger partial charge in [-0.1, -0.05) is 34.1 Å². The predicted molar refractivity (Wildman–Crippen MR) is 263 cm³/mol. The molecule has 0 radical (unpaired) electrons. The van der Waals surface area contributed by atoms with E-state index in [1.807, 2.05) is 73.0 Å². The van der Waals surface area contributed by atoms with Gasteiger partial charge in [-0.3, -0.25) is 4.79 Å². The minimum Gasteiger partial charge on any atom is -0.508 e. The molecule has 4 aromatic heterocycles. The van der Waals surface area contributed by atoms with Crippen molar-refractivity contribution >= 4 is 33.9 Å². The van der Waals surface area contributed by atoms with Gasteiger partial charge in [0.05, 0.1) is 40.3 Å². The molecule has 4 N–H and O–H groups in total. The lowest BCUT2D eigenvalue weighted by Gasteiger charge is -2.39. The molecule has 17 nitrogen and oxygen atoms in total. The van der Waals surface area contributed by atoms with Gasteiger partial charge in [0.2, 0.25) is 0 Å². The van der Waals surface area contributed by atoms with Crippen LogP contribution in [0.15, 0.2) is 76.4 Å². The zero-order valence-electron chi connectivity index (χ0n) is 40.1. The maximum atomic E-state index is 13.6. The van der Waals surface area contributed by atoms with Gasteiger partial charge in [0.1, 0.15) is 23.9 Å². The number of rotatable bonds is 7. The number of aromatic amines is 1. The Labute approximate surface area is 403 Å². The molecule has 0 unspecified atom stereocenters. The van der Waals surface area contributed by atoms with E-state index in [0.717, 1.165) is 45.8 Å². The number of esters is 1. The number of phenolic OH excluding ortho intramolecular Hbond substituents is 2. The number of nitrogens with zero attached hydrogens (tertiary/aromatic N) is 7. The van der Waals surface area contributed by atoms with Crippen LogP contribution in [0.4, 0.5) is 4.79 Å². The number of carbonyl (C=O) groups is 2. The summed E-state index contributed by atoms with van der Waals surface area (Å²) in [5, 5.41) is 40.1. The number of pyridine rings is 2. The van der Waals surface area contributed by atoms with E-state index in [1.165, 1.54) is 43.0 Å². The summed E-state index contributed by atoms with van der Waals surface area (Å²) >= 11 is 0. The van der Waals surface area contributed by atoms with Gasteiger partial charge < -0.3 is 43.7 Å². The molecule has 0 spiro atoms. The maximum Gasteiger partial charge on any atom is 0.415 e. The molecule has 0 saturated carbocycles. The number of benzene rings is 3. The lowest BCUT2D eigenvalue weighted by atomic mass is 9.86. The first kappa shape index (κ1) is 46.5. The standard InChI is InChI=1S/C33H38N4O6.C20H20N4O3/c1-3-22-23-16-21(43-32(40)36-14-10-20(11-15-36)35-12-6-5-7-13-35)8-9-27(23)34-29-24(22)18-37-28(29)17-26-25(30(37)38)19-42-31(39)33(26,41)4-2;1-11(2)14-9-15(18(26)10-17(14)25)19-21-22-20(27)24(19)13-4-5-16-12(8-13)6-7-23(16)3/h8-9,16-17,20,41H,3-7,10-15,18-19H2,1-2H3;4-11,25-26H,1-3H3,(H,22,27)/t33-;/m0./s1. The fourth-order valence-corrected chi connectivity index (χ4v) is 10.8. The van der Waals surface area contributed by atoms with Crippen LogP contribution in [0.1, 0.15) is 100.0 Å². The average Bonchev–Trinajstić information content (AvgIpc) is 4.06. The summed E-state index contributed by atoms with van der Waals surface area (Å²) in [6.45, 7) is 11.5. The van der Waals surface area contributed by atoms with Crippen LogP contribution in [0.2, 0.25) is 0 Å². The van der Waals surface area contributed by atoms with E-state index in [0.29, 0.717) is 77.2 Å². The van der Waals surface area contributed by atoms with Gasteiger partial charge in [0.15, 0.2) is 11.4 Å². The van der Waals surface area contributed by atoms with Gasteiger partial charge in [-0.15, -0.1) is 0 Å². The number of fused-ring (bicyclic) bond motifs is 6. The molecule has 2 saturated heterocycles. The highest BCUT2D eigenvalue weighted by Gasteiger charge is 2.45. The van der Waals surface area contributed by atoms with Crippen molar-refractivity contribution in [3.05, 3.63) is 116 Å². The van der Waals surface area contributed by atoms with Crippen molar-refractivity contribution in [1.29, 1.82) is 0 Å². The van der Waals surface area contributed by atoms with Crippen molar-refractivity contribution in [3.8, 4) is 45.7 Å². The quantitative estimate of drug-likeness (QED) is 0.116. The molecule has 0 aliphatic carbocycles. The molecule has 364 valence electrons. The Morgan fingerprint density at radius 1 is 0.929 bits per heavy atom. The van der Waals surface area contributed by atoms with Crippen LogP contribution in [-0.4, -0.2) is 98.3 Å². The summed E-state index contributed by atoms with van der Waals surface area (Å²) in [7, 11) is 1.96. The molecular weight excluding hydrogens is 893 g/mol. The number of likely N-dealkylation sites (tertiary alicyclic amines) is 2. The first-order valence-electron chi connectivity index (χ1n) is 24.3. The summed E-state index contributed by atoms with van der Waals surface area (Å²) in [5.74, 6) is -0.0590. The molecule has 70 heavy (non-hydrogen) atoms. The fraction of sp³-hybridized carbons (Fsp3) is 0.396. The molecule has 7 aromatic rings. The third-order valence-corrected chi connectivity index (χ3v) is 14.8. The van der Waals surface area contributed by atoms with Crippen LogP contribution in [0.25, 0.3) is 50.3 Å². The average molecular weight is 951 g/mol. The summed E-state index contributed by atoms with van der Waals surface area (Å²) in [6.07, 6.45) is 8.21. The van der Waals surface area contributed by atoms with Crippen molar-refractivity contribution in [2.75, 3.05) is 26.2 Å². The van der Waals surface area contributed by atoms with Gasteiger partial charge in [-0.05, 0) is 123 Å². The summed E-state index contributed by atoms with van der Waals surface area (Å²) < 4.78 is 16.1. The van der Waals surface area contributed by atoms with Crippen LogP contribution in [0.5, 0.6) is 17.2 Å². The molecule has 1 amide bonds. The number of aryl methyl sites for hydroxylation is 2. The molecular formula is C53H58N8O9. The highest BCUT2D eigenvalue weighted by Crippen LogP contribution is 2.42. The summed E-state index contributed by atoms with van der Waals surface area (Å²) in [5.41, 5.74) is 4.72. The number of H-pyrrole nitrogens is 1. The summed E-state index contributed by atoms with van der Waals surface area (Å²) in [4.78, 5) is 61.0. The molecule has 17 heteroatoms. The second-order valence-electron chi connectivity index (χ2n) is 19.2. The number of aliphatic hydroxyl groups is 1. The SMILES string of the molecule is CC(C)c1cc(-c2n[nH]c(=O)n2-c2ccc3c(ccn3C)c2)c(O)cc1O.CCc1c2c(nc3ccc(OC(=O)N4CCC(N5CCCCC5)CC4)cc13)-c1cc3c(c(=O)n1C2)COC(=O)[C@]3(O)CC. The molecule has 11 rings (SSSR count). The number of aromatic hydroxyl groups is 2. The van der Waals surface area contributed by atoms with Gasteiger partial charge in [-0.2, -0.15) is 5.10 Å². The van der Waals surface area contributed by atoms with Gasteiger partial charge >= 0.3 is 17.8 Å². The lowest BCUT2D eigenvalue weighted by Crippen LogP contribution is -2.48. The molecule has 1 atom stereocenters. The second-order valence-corrected chi connectivity index (χ2v) is 19.2. The van der Waals surface area contributed by atoms with E-state index in [4.69, 9.17) is 14.5 Å². The number of aromatic nitrogens is 6. The van der Waals surface area contributed by atoms with Crippen LogP contribution < -0.4 is 16.0 Å². The molecule has 2 fully saturated rings. The second kappa shape index (κ2) is 18.3. The third-order valence-electron chi connectivity index (χ3n) is 14.8. The zero-order valence-corrected chi connectivity index (χ0v) is 40.1.